The lowest BCUT2D eigenvalue weighted by Gasteiger charge is -2.23. The largest absolute Gasteiger partial charge is 0.376 e. The fraction of sp³-hybridized carbons (Fsp3) is 0.208. The highest BCUT2D eigenvalue weighted by atomic mass is 16.6. The Hall–Kier alpha value is -3.75. The second-order valence-corrected chi connectivity index (χ2v) is 7.84. The zero-order valence-electron chi connectivity index (χ0n) is 17.3. The standard InChI is InChI=1S/C24H21N5O3/c30-24-28(14-20-15-31-8-9-32-20)21-11-18(17-10-16-6-7-25-22(16)26-12-17)13-27-23(21)29(24)19-4-2-1-3-5-19/h1-7,10-13,20H,8-9,14-15H2,(H,25,26)/t20-/m1/s1. The fourth-order valence-corrected chi connectivity index (χ4v) is 4.22. The molecule has 4 aromatic heterocycles. The third-order valence-corrected chi connectivity index (χ3v) is 5.79. The first-order valence-corrected chi connectivity index (χ1v) is 10.6. The summed E-state index contributed by atoms with van der Waals surface area (Å²) >= 11 is 0. The molecule has 0 spiro atoms. The highest BCUT2D eigenvalue weighted by molar-refractivity contribution is 5.84. The van der Waals surface area contributed by atoms with Gasteiger partial charge >= 0.3 is 5.69 Å². The number of benzene rings is 1. The summed E-state index contributed by atoms with van der Waals surface area (Å²) in [5.74, 6) is 0. The molecule has 160 valence electrons. The topological polar surface area (TPSA) is 87.0 Å². The van der Waals surface area contributed by atoms with Crippen LogP contribution in [0, 0.1) is 0 Å². The van der Waals surface area contributed by atoms with Crippen molar-refractivity contribution in [3.63, 3.8) is 0 Å². The van der Waals surface area contributed by atoms with Crippen LogP contribution in [-0.4, -0.2) is 50.0 Å². The van der Waals surface area contributed by atoms with Gasteiger partial charge in [-0.25, -0.2) is 19.3 Å². The minimum absolute atomic E-state index is 0.149. The van der Waals surface area contributed by atoms with E-state index < -0.39 is 0 Å². The van der Waals surface area contributed by atoms with Crippen LogP contribution >= 0.6 is 0 Å². The molecule has 0 saturated carbocycles. The molecule has 1 aliphatic heterocycles. The Morgan fingerprint density at radius 1 is 1.03 bits per heavy atom. The van der Waals surface area contributed by atoms with Gasteiger partial charge in [0.2, 0.25) is 0 Å². The molecule has 32 heavy (non-hydrogen) atoms. The van der Waals surface area contributed by atoms with Gasteiger partial charge < -0.3 is 14.5 Å². The van der Waals surface area contributed by atoms with Crippen LogP contribution in [0.4, 0.5) is 0 Å². The number of fused-ring (bicyclic) bond motifs is 2. The number of hydrogen-bond donors (Lipinski definition) is 1. The summed E-state index contributed by atoms with van der Waals surface area (Å²) in [7, 11) is 0. The molecule has 1 aromatic carbocycles. The van der Waals surface area contributed by atoms with Gasteiger partial charge in [-0.3, -0.25) is 4.57 Å². The van der Waals surface area contributed by atoms with Crippen LogP contribution in [0.1, 0.15) is 0 Å². The maximum Gasteiger partial charge on any atom is 0.335 e. The van der Waals surface area contributed by atoms with Crippen molar-refractivity contribution in [2.24, 2.45) is 0 Å². The lowest BCUT2D eigenvalue weighted by molar-refractivity contribution is -0.0935. The predicted molar refractivity (Wildman–Crippen MR) is 121 cm³/mol. The summed E-state index contributed by atoms with van der Waals surface area (Å²) in [6, 6.07) is 15.6. The summed E-state index contributed by atoms with van der Waals surface area (Å²) < 4.78 is 14.8. The quantitative estimate of drug-likeness (QED) is 0.476. The normalized spacial score (nSPS) is 16.7. The van der Waals surface area contributed by atoms with Crippen LogP contribution in [0.25, 0.3) is 39.0 Å². The van der Waals surface area contributed by atoms with E-state index in [1.807, 2.05) is 54.9 Å². The van der Waals surface area contributed by atoms with Crippen molar-refractivity contribution in [2.75, 3.05) is 19.8 Å². The Bertz CT molecular complexity index is 1460. The number of hydrogen-bond acceptors (Lipinski definition) is 5. The van der Waals surface area contributed by atoms with Gasteiger partial charge in [0.15, 0.2) is 5.65 Å². The summed E-state index contributed by atoms with van der Waals surface area (Å²) in [5.41, 5.74) is 4.66. The first-order chi connectivity index (χ1) is 15.8. The van der Waals surface area contributed by atoms with Crippen LogP contribution in [0.2, 0.25) is 0 Å². The SMILES string of the molecule is O=c1n(C[C@@H]2COCCO2)c2cc(-c3cnc4[nH]ccc4c3)cnc2n1-c1ccccc1. The van der Waals surface area contributed by atoms with Crippen molar-refractivity contribution >= 4 is 22.2 Å². The van der Waals surface area contributed by atoms with Crippen LogP contribution in [-0.2, 0) is 16.0 Å². The summed E-state index contributed by atoms with van der Waals surface area (Å²) in [6.45, 7) is 1.97. The monoisotopic (exact) mass is 427 g/mol. The molecule has 0 bridgehead atoms. The van der Waals surface area contributed by atoms with Crippen LogP contribution in [0.15, 0.2) is 71.9 Å². The van der Waals surface area contributed by atoms with Gasteiger partial charge in [-0.05, 0) is 30.3 Å². The molecule has 1 saturated heterocycles. The van der Waals surface area contributed by atoms with Crippen molar-refractivity contribution in [3.8, 4) is 16.8 Å². The molecule has 1 N–H and O–H groups in total. The highest BCUT2D eigenvalue weighted by Gasteiger charge is 2.22. The molecule has 6 rings (SSSR count). The van der Waals surface area contributed by atoms with E-state index in [0.29, 0.717) is 32.0 Å². The van der Waals surface area contributed by atoms with Gasteiger partial charge in [0.05, 0.1) is 43.7 Å². The minimum atomic E-state index is -0.183. The highest BCUT2D eigenvalue weighted by Crippen LogP contribution is 2.26. The minimum Gasteiger partial charge on any atom is -0.376 e. The second-order valence-electron chi connectivity index (χ2n) is 7.84. The van der Waals surface area contributed by atoms with Crippen molar-refractivity contribution < 1.29 is 9.47 Å². The number of para-hydroxylation sites is 1. The molecule has 5 aromatic rings. The summed E-state index contributed by atoms with van der Waals surface area (Å²) in [6.07, 6.45) is 5.29. The van der Waals surface area contributed by atoms with Crippen molar-refractivity contribution in [1.29, 1.82) is 0 Å². The third-order valence-electron chi connectivity index (χ3n) is 5.79. The smallest absolute Gasteiger partial charge is 0.335 e. The molecule has 1 aliphatic rings. The zero-order chi connectivity index (χ0) is 21.5. The first kappa shape index (κ1) is 19.0. The molecule has 0 unspecified atom stereocenters. The zero-order valence-corrected chi connectivity index (χ0v) is 17.3. The number of aromatic amines is 1. The molecule has 5 heterocycles. The molecule has 0 radical (unpaired) electrons. The van der Waals surface area contributed by atoms with Gasteiger partial charge in [-0.1, -0.05) is 18.2 Å². The summed E-state index contributed by atoms with van der Waals surface area (Å²) in [4.78, 5) is 25.8. The van der Waals surface area contributed by atoms with E-state index in [2.05, 4.69) is 16.0 Å². The molecular weight excluding hydrogens is 406 g/mol. The van der Waals surface area contributed by atoms with E-state index in [0.717, 1.165) is 33.4 Å². The number of aromatic nitrogens is 5. The molecule has 0 aliphatic carbocycles. The number of ether oxygens (including phenoxy) is 2. The predicted octanol–water partition coefficient (Wildman–Crippen LogP) is 3.15. The summed E-state index contributed by atoms with van der Waals surface area (Å²) in [5, 5.41) is 1.02. The van der Waals surface area contributed by atoms with Crippen molar-refractivity contribution in [1.82, 2.24) is 24.1 Å². The van der Waals surface area contributed by atoms with E-state index in [1.165, 1.54) is 0 Å². The molecule has 1 atom stereocenters. The number of rotatable bonds is 4. The number of imidazole rings is 1. The first-order valence-electron chi connectivity index (χ1n) is 10.6. The maximum absolute atomic E-state index is 13.5. The Balaban J connectivity index is 1.53. The lowest BCUT2D eigenvalue weighted by atomic mass is 10.1. The van der Waals surface area contributed by atoms with Gasteiger partial charge in [0.1, 0.15) is 5.65 Å². The Labute approximate surface area is 183 Å². The van der Waals surface area contributed by atoms with E-state index in [4.69, 9.17) is 14.5 Å². The van der Waals surface area contributed by atoms with E-state index >= 15 is 0 Å². The van der Waals surface area contributed by atoms with E-state index in [1.54, 1.807) is 15.3 Å². The van der Waals surface area contributed by atoms with Crippen LogP contribution in [0.5, 0.6) is 0 Å². The average Bonchev–Trinajstić information content (AvgIpc) is 3.42. The lowest BCUT2D eigenvalue weighted by Crippen LogP contribution is -2.35. The van der Waals surface area contributed by atoms with Gasteiger partial charge in [0.25, 0.3) is 0 Å². The van der Waals surface area contributed by atoms with Crippen LogP contribution < -0.4 is 5.69 Å². The maximum atomic E-state index is 13.5. The fourth-order valence-electron chi connectivity index (χ4n) is 4.22. The average molecular weight is 427 g/mol. The molecule has 8 nitrogen and oxygen atoms in total. The van der Waals surface area contributed by atoms with Gasteiger partial charge in [-0.15, -0.1) is 0 Å². The number of nitrogens with zero attached hydrogens (tertiary/aromatic N) is 4. The van der Waals surface area contributed by atoms with Gasteiger partial charge in [0, 0.05) is 35.1 Å². The van der Waals surface area contributed by atoms with Crippen molar-refractivity contribution in [2.45, 2.75) is 12.6 Å². The number of pyridine rings is 2. The third kappa shape index (κ3) is 3.21. The van der Waals surface area contributed by atoms with Crippen LogP contribution in [0.3, 0.4) is 0 Å². The Morgan fingerprint density at radius 3 is 2.72 bits per heavy atom. The van der Waals surface area contributed by atoms with Gasteiger partial charge in [-0.2, -0.15) is 0 Å². The van der Waals surface area contributed by atoms with E-state index in [-0.39, 0.29) is 11.8 Å². The second kappa shape index (κ2) is 7.74. The van der Waals surface area contributed by atoms with E-state index in [9.17, 15) is 4.79 Å². The molecular formula is C24H21N5O3. The Kier molecular flexibility index (Phi) is 4.59. The number of H-pyrrole nitrogens is 1. The molecule has 8 heteroatoms. The number of nitrogens with one attached hydrogen (secondary N) is 1. The molecule has 1 fully saturated rings. The van der Waals surface area contributed by atoms with Crippen molar-refractivity contribution in [3.05, 3.63) is 77.6 Å². The Morgan fingerprint density at radius 2 is 1.88 bits per heavy atom. The molecule has 0 amide bonds.